The molecular formula is C8H16N2O. The van der Waals surface area contributed by atoms with Crippen LogP contribution in [-0.2, 0) is 4.79 Å². The lowest BCUT2D eigenvalue weighted by Crippen LogP contribution is -2.57. The molecule has 1 rings (SSSR count). The molecule has 0 aromatic heterocycles. The van der Waals surface area contributed by atoms with Crippen LogP contribution < -0.4 is 0 Å². The Balaban J connectivity index is 2.70. The van der Waals surface area contributed by atoms with Crippen molar-refractivity contribution in [2.24, 2.45) is 0 Å². The molecule has 2 unspecified atom stereocenters. The molecular weight excluding hydrogens is 140 g/mol. The van der Waals surface area contributed by atoms with Gasteiger partial charge in [0.05, 0.1) is 6.04 Å². The number of rotatable bonds is 0. The second kappa shape index (κ2) is 2.81. The van der Waals surface area contributed by atoms with Crippen LogP contribution in [0.1, 0.15) is 13.8 Å². The smallest absolute Gasteiger partial charge is 0.239 e. The fourth-order valence-electron chi connectivity index (χ4n) is 1.49. The molecule has 0 bridgehead atoms. The molecule has 1 heterocycles. The molecule has 0 aromatic carbocycles. The Morgan fingerprint density at radius 1 is 1.36 bits per heavy atom. The van der Waals surface area contributed by atoms with Crippen LogP contribution in [-0.4, -0.2) is 48.4 Å². The molecule has 3 nitrogen and oxygen atoms in total. The van der Waals surface area contributed by atoms with Gasteiger partial charge in [0.2, 0.25) is 5.91 Å². The molecule has 2 atom stereocenters. The van der Waals surface area contributed by atoms with Crippen LogP contribution in [0, 0.1) is 0 Å². The van der Waals surface area contributed by atoms with Crippen molar-refractivity contribution in [1.82, 2.24) is 9.80 Å². The van der Waals surface area contributed by atoms with E-state index >= 15 is 0 Å². The molecule has 0 radical (unpaired) electrons. The number of carbonyl (C=O) groups is 1. The monoisotopic (exact) mass is 156 g/mol. The number of carbonyl (C=O) groups excluding carboxylic acids is 1. The first-order valence-corrected chi connectivity index (χ1v) is 4.01. The Hall–Kier alpha value is -0.570. The Kier molecular flexibility index (Phi) is 2.18. The lowest BCUT2D eigenvalue weighted by Gasteiger charge is -2.39. The molecule has 1 aliphatic heterocycles. The highest BCUT2D eigenvalue weighted by molar-refractivity contribution is 5.82. The summed E-state index contributed by atoms with van der Waals surface area (Å²) < 4.78 is 0. The van der Waals surface area contributed by atoms with Gasteiger partial charge >= 0.3 is 0 Å². The summed E-state index contributed by atoms with van der Waals surface area (Å²) in [5.41, 5.74) is 0. The maximum absolute atomic E-state index is 11.4. The van der Waals surface area contributed by atoms with E-state index in [0.29, 0.717) is 6.04 Å². The van der Waals surface area contributed by atoms with Gasteiger partial charge in [-0.1, -0.05) is 0 Å². The average molecular weight is 156 g/mol. The summed E-state index contributed by atoms with van der Waals surface area (Å²) in [6.07, 6.45) is 0. The minimum absolute atomic E-state index is 0.0451. The van der Waals surface area contributed by atoms with Crippen molar-refractivity contribution in [3.8, 4) is 0 Å². The van der Waals surface area contributed by atoms with Gasteiger partial charge in [-0.3, -0.25) is 9.69 Å². The van der Waals surface area contributed by atoms with E-state index in [4.69, 9.17) is 0 Å². The Labute approximate surface area is 68.0 Å². The SMILES string of the molecule is CC1CN(C)C(=O)C(C)N1C. The molecule has 0 saturated carbocycles. The summed E-state index contributed by atoms with van der Waals surface area (Å²) in [5.74, 6) is 0.227. The van der Waals surface area contributed by atoms with E-state index < -0.39 is 0 Å². The molecule has 3 heteroatoms. The summed E-state index contributed by atoms with van der Waals surface area (Å²) in [4.78, 5) is 15.3. The van der Waals surface area contributed by atoms with Crippen molar-refractivity contribution in [2.45, 2.75) is 25.9 Å². The molecule has 64 valence electrons. The molecule has 1 amide bonds. The first-order valence-electron chi connectivity index (χ1n) is 4.01. The van der Waals surface area contributed by atoms with Gasteiger partial charge in [-0.15, -0.1) is 0 Å². The number of hydrogen-bond donors (Lipinski definition) is 0. The van der Waals surface area contributed by atoms with Gasteiger partial charge in [-0.05, 0) is 20.9 Å². The van der Waals surface area contributed by atoms with Crippen LogP contribution in [0.5, 0.6) is 0 Å². The Morgan fingerprint density at radius 3 is 2.45 bits per heavy atom. The maximum Gasteiger partial charge on any atom is 0.239 e. The number of likely N-dealkylation sites (N-methyl/N-ethyl adjacent to an activating group) is 2. The highest BCUT2D eigenvalue weighted by atomic mass is 16.2. The fourth-order valence-corrected chi connectivity index (χ4v) is 1.49. The fraction of sp³-hybridized carbons (Fsp3) is 0.875. The minimum Gasteiger partial charge on any atom is -0.343 e. The standard InChI is InChI=1S/C8H16N2O/c1-6-5-9(3)8(11)7(2)10(6)4/h6-7H,5H2,1-4H3. The van der Waals surface area contributed by atoms with E-state index in [1.54, 1.807) is 4.90 Å². The van der Waals surface area contributed by atoms with Gasteiger partial charge < -0.3 is 4.90 Å². The summed E-state index contributed by atoms with van der Waals surface area (Å²) in [5, 5.41) is 0. The predicted octanol–water partition coefficient (Wildman–Crippen LogP) is 0.167. The van der Waals surface area contributed by atoms with Crippen LogP contribution in [0.4, 0.5) is 0 Å². The zero-order valence-electron chi connectivity index (χ0n) is 7.66. The first-order chi connectivity index (χ1) is 5.04. The van der Waals surface area contributed by atoms with Crippen molar-refractivity contribution >= 4 is 5.91 Å². The molecule has 1 aliphatic rings. The summed E-state index contributed by atoms with van der Waals surface area (Å²) in [6, 6.07) is 0.524. The molecule has 0 aliphatic carbocycles. The van der Waals surface area contributed by atoms with Gasteiger partial charge in [0.1, 0.15) is 0 Å². The highest BCUT2D eigenvalue weighted by Gasteiger charge is 2.30. The molecule has 0 aromatic rings. The van der Waals surface area contributed by atoms with Crippen molar-refractivity contribution in [2.75, 3.05) is 20.6 Å². The number of amides is 1. The molecule has 1 fully saturated rings. The normalized spacial score (nSPS) is 34.5. The second-order valence-electron chi connectivity index (χ2n) is 3.41. The third-order valence-electron chi connectivity index (χ3n) is 2.58. The lowest BCUT2D eigenvalue weighted by molar-refractivity contribution is -0.140. The number of hydrogen-bond acceptors (Lipinski definition) is 2. The lowest BCUT2D eigenvalue weighted by atomic mass is 10.1. The van der Waals surface area contributed by atoms with Crippen molar-refractivity contribution in [1.29, 1.82) is 0 Å². The van der Waals surface area contributed by atoms with Crippen LogP contribution in [0.15, 0.2) is 0 Å². The van der Waals surface area contributed by atoms with Crippen molar-refractivity contribution in [3.05, 3.63) is 0 Å². The molecule has 0 spiro atoms. The van der Waals surface area contributed by atoms with E-state index in [0.717, 1.165) is 6.54 Å². The Morgan fingerprint density at radius 2 is 1.91 bits per heavy atom. The molecule has 1 saturated heterocycles. The van der Waals surface area contributed by atoms with Gasteiger partial charge in [0.15, 0.2) is 0 Å². The third kappa shape index (κ3) is 1.38. The Bertz CT molecular complexity index is 169. The van der Waals surface area contributed by atoms with E-state index in [1.165, 1.54) is 0 Å². The van der Waals surface area contributed by atoms with Crippen LogP contribution in [0.25, 0.3) is 0 Å². The van der Waals surface area contributed by atoms with Crippen LogP contribution >= 0.6 is 0 Å². The summed E-state index contributed by atoms with van der Waals surface area (Å²) in [6.45, 7) is 4.94. The van der Waals surface area contributed by atoms with Crippen LogP contribution in [0.2, 0.25) is 0 Å². The summed E-state index contributed by atoms with van der Waals surface area (Å²) in [7, 11) is 3.86. The van der Waals surface area contributed by atoms with Gasteiger partial charge in [0.25, 0.3) is 0 Å². The average Bonchev–Trinajstić information content (AvgIpc) is 1.97. The van der Waals surface area contributed by atoms with E-state index in [2.05, 4.69) is 11.8 Å². The highest BCUT2D eigenvalue weighted by Crippen LogP contribution is 2.12. The van der Waals surface area contributed by atoms with Gasteiger partial charge in [-0.25, -0.2) is 0 Å². The molecule has 11 heavy (non-hydrogen) atoms. The first kappa shape index (κ1) is 8.53. The maximum atomic E-state index is 11.4. The third-order valence-corrected chi connectivity index (χ3v) is 2.58. The summed E-state index contributed by atoms with van der Waals surface area (Å²) >= 11 is 0. The number of piperazine rings is 1. The van der Waals surface area contributed by atoms with Crippen molar-refractivity contribution in [3.63, 3.8) is 0 Å². The zero-order valence-corrected chi connectivity index (χ0v) is 7.66. The van der Waals surface area contributed by atoms with Gasteiger partial charge in [0, 0.05) is 19.6 Å². The molecule has 0 N–H and O–H groups in total. The zero-order chi connectivity index (χ0) is 8.59. The van der Waals surface area contributed by atoms with Gasteiger partial charge in [-0.2, -0.15) is 0 Å². The topological polar surface area (TPSA) is 23.6 Å². The van der Waals surface area contributed by atoms with E-state index in [1.807, 2.05) is 21.0 Å². The second-order valence-corrected chi connectivity index (χ2v) is 3.41. The van der Waals surface area contributed by atoms with E-state index in [9.17, 15) is 4.79 Å². The predicted molar refractivity (Wildman–Crippen MR) is 44.3 cm³/mol. The quantitative estimate of drug-likeness (QED) is 0.499. The minimum atomic E-state index is 0.0451. The van der Waals surface area contributed by atoms with Crippen molar-refractivity contribution < 1.29 is 4.79 Å². The number of nitrogens with zero attached hydrogens (tertiary/aromatic N) is 2. The van der Waals surface area contributed by atoms with Crippen LogP contribution in [0.3, 0.4) is 0 Å². The van der Waals surface area contributed by atoms with E-state index in [-0.39, 0.29) is 11.9 Å². The largest absolute Gasteiger partial charge is 0.343 e.